The molecule has 0 rings (SSSR count). The summed E-state index contributed by atoms with van der Waals surface area (Å²) in [5.41, 5.74) is 0. The molecule has 0 aliphatic rings. The fraction of sp³-hybridized carbons (Fsp3) is 1.00. The molecule has 0 radical (unpaired) electrons. The Kier molecular flexibility index (Phi) is 19.9. The third-order valence-corrected chi connectivity index (χ3v) is 0.421. The molecule has 0 aliphatic carbocycles. The second-order valence-corrected chi connectivity index (χ2v) is 3.47. The van der Waals surface area contributed by atoms with E-state index in [1.807, 2.05) is 0 Å². The predicted octanol–water partition coefficient (Wildman–Crippen LogP) is -4.35. The average Bonchev–Trinajstić information content (AvgIpc) is 1.96. The molecule has 0 unspecified atom stereocenters. The quantitative estimate of drug-likeness (QED) is 0.309. The van der Waals surface area contributed by atoms with Crippen LogP contribution in [0.1, 0.15) is 0 Å². The van der Waals surface area contributed by atoms with Gasteiger partial charge in [-0.3, -0.25) is 16.8 Å². The molecule has 102 valence electrons. The molecule has 0 fully saturated rings. The normalized spacial score (nSPS) is 10.4. The summed E-state index contributed by atoms with van der Waals surface area (Å²) in [5.74, 6) is 0. The maximum Gasteiger partial charge on any atom is 4.00 e. The van der Waals surface area contributed by atoms with Gasteiger partial charge in [-0.15, -0.1) is 0 Å². The van der Waals surface area contributed by atoms with Crippen LogP contribution in [0, 0.1) is 0 Å². The Morgan fingerprint density at radius 1 is 0.824 bits per heavy atom. The molecule has 0 saturated carbocycles. The van der Waals surface area contributed by atoms with Gasteiger partial charge in [0.15, 0.2) is 0 Å². The van der Waals surface area contributed by atoms with E-state index in [1.54, 1.807) is 0 Å². The van der Waals surface area contributed by atoms with Crippen molar-refractivity contribution >= 4 is 20.8 Å². The van der Waals surface area contributed by atoms with Crippen LogP contribution < -0.4 is 0 Å². The van der Waals surface area contributed by atoms with Crippen LogP contribution in [0.2, 0.25) is 0 Å². The standard InChI is InChI=1S/C3H8O3.2H2O4S.Zr/c4-1-3(6)2-5;2*1-5(2,3)4;/h3-6H,1-2H2;2*(H2,1,2,3,4);/q;;;+4/p-4. The van der Waals surface area contributed by atoms with E-state index in [-0.39, 0.29) is 39.4 Å². The molecule has 11 nitrogen and oxygen atoms in total. The summed E-state index contributed by atoms with van der Waals surface area (Å²) >= 11 is 0. The van der Waals surface area contributed by atoms with Crippen LogP contribution in [0.5, 0.6) is 0 Å². The summed E-state index contributed by atoms with van der Waals surface area (Å²) in [4.78, 5) is 0. The van der Waals surface area contributed by atoms with Gasteiger partial charge in [0.05, 0.1) is 13.2 Å². The number of aliphatic hydroxyl groups excluding tert-OH is 3. The molecule has 0 aromatic rings. The Morgan fingerprint density at radius 3 is 0.941 bits per heavy atom. The van der Waals surface area contributed by atoms with E-state index in [9.17, 15) is 0 Å². The molecule has 0 amide bonds. The van der Waals surface area contributed by atoms with Crippen molar-refractivity contribution in [1.29, 1.82) is 0 Å². The molecule has 14 heteroatoms. The molecular formula is C3H8O11S2Zr. The summed E-state index contributed by atoms with van der Waals surface area (Å²) in [7, 11) is -10.3. The van der Waals surface area contributed by atoms with E-state index in [1.165, 1.54) is 0 Å². The number of hydrogen-bond acceptors (Lipinski definition) is 11. The number of rotatable bonds is 2. The molecule has 0 aliphatic heterocycles. The van der Waals surface area contributed by atoms with Crippen molar-refractivity contribution < 1.29 is 76.6 Å². The van der Waals surface area contributed by atoms with E-state index in [2.05, 4.69) is 0 Å². The third-order valence-electron chi connectivity index (χ3n) is 0.421. The van der Waals surface area contributed by atoms with E-state index in [4.69, 9.17) is 50.4 Å². The second-order valence-electron chi connectivity index (χ2n) is 1.84. The van der Waals surface area contributed by atoms with E-state index in [0.29, 0.717) is 0 Å². The van der Waals surface area contributed by atoms with Gasteiger partial charge in [-0.2, -0.15) is 0 Å². The molecule has 0 spiro atoms. The van der Waals surface area contributed by atoms with Gasteiger partial charge in [0, 0.05) is 20.8 Å². The van der Waals surface area contributed by atoms with Crippen molar-refractivity contribution in [2.45, 2.75) is 6.10 Å². The Bertz CT molecular complexity index is 282. The van der Waals surface area contributed by atoms with Crippen LogP contribution in [-0.4, -0.2) is 69.7 Å². The van der Waals surface area contributed by atoms with Gasteiger partial charge in [-0.05, 0) is 0 Å². The minimum Gasteiger partial charge on any atom is -0.759 e. The third kappa shape index (κ3) is 171. The van der Waals surface area contributed by atoms with Gasteiger partial charge >= 0.3 is 26.2 Å². The van der Waals surface area contributed by atoms with Crippen LogP contribution >= 0.6 is 0 Å². The topological polar surface area (TPSA) is 221 Å². The zero-order valence-electron chi connectivity index (χ0n) is 7.92. The van der Waals surface area contributed by atoms with Crippen molar-refractivity contribution in [2.24, 2.45) is 0 Å². The van der Waals surface area contributed by atoms with E-state index >= 15 is 0 Å². The summed E-state index contributed by atoms with van der Waals surface area (Å²) in [6, 6.07) is 0. The van der Waals surface area contributed by atoms with Crippen molar-refractivity contribution in [1.82, 2.24) is 0 Å². The minimum atomic E-state index is -5.17. The first kappa shape index (κ1) is 26.1. The van der Waals surface area contributed by atoms with Crippen molar-refractivity contribution in [3.63, 3.8) is 0 Å². The monoisotopic (exact) mass is 374 g/mol. The Labute approximate surface area is 116 Å². The van der Waals surface area contributed by atoms with Crippen molar-refractivity contribution in [3.05, 3.63) is 0 Å². The van der Waals surface area contributed by atoms with Gasteiger partial charge in [0.1, 0.15) is 6.10 Å². The molecule has 0 heterocycles. The first-order valence-electron chi connectivity index (χ1n) is 3.04. The largest absolute Gasteiger partial charge is 4.00 e. The SMILES string of the molecule is O=S(=O)([O-])[O-].O=S(=O)([O-])[O-].OCC(O)CO.[Zr+4]. The minimum absolute atomic E-state index is 0. The molecule has 0 aromatic heterocycles. The van der Waals surface area contributed by atoms with Crippen LogP contribution in [0.4, 0.5) is 0 Å². The maximum atomic E-state index is 8.52. The van der Waals surface area contributed by atoms with Crippen LogP contribution in [0.25, 0.3) is 0 Å². The van der Waals surface area contributed by atoms with Crippen LogP contribution in [0.3, 0.4) is 0 Å². The molecule has 0 aromatic carbocycles. The van der Waals surface area contributed by atoms with Crippen molar-refractivity contribution in [3.8, 4) is 0 Å². The first-order chi connectivity index (χ1) is 6.81. The molecule has 17 heavy (non-hydrogen) atoms. The smallest absolute Gasteiger partial charge is 0.759 e. The first-order valence-corrected chi connectivity index (χ1v) is 5.71. The zero-order valence-corrected chi connectivity index (χ0v) is 12.0. The molecule has 0 saturated heterocycles. The Morgan fingerprint density at radius 2 is 0.941 bits per heavy atom. The fourth-order valence-electron chi connectivity index (χ4n) is 0.0577. The number of hydrogen-bond donors (Lipinski definition) is 3. The van der Waals surface area contributed by atoms with Crippen molar-refractivity contribution in [2.75, 3.05) is 13.2 Å². The van der Waals surface area contributed by atoms with Gasteiger partial charge in [0.2, 0.25) is 0 Å². The van der Waals surface area contributed by atoms with Gasteiger partial charge in [0.25, 0.3) is 0 Å². The summed E-state index contributed by atoms with van der Waals surface area (Å²) < 4.78 is 68.2. The average molecular weight is 375 g/mol. The zero-order chi connectivity index (χ0) is 14.0. The molecule has 0 bridgehead atoms. The van der Waals surface area contributed by atoms with E-state index < -0.39 is 26.9 Å². The molecule has 3 N–H and O–H groups in total. The summed E-state index contributed by atoms with van der Waals surface area (Å²) in [5, 5.41) is 24.0. The van der Waals surface area contributed by atoms with Gasteiger partial charge in [-0.25, -0.2) is 0 Å². The summed E-state index contributed by atoms with van der Waals surface area (Å²) in [6.07, 6.45) is -0.954. The van der Waals surface area contributed by atoms with Gasteiger partial charge < -0.3 is 33.5 Å². The Hall–Kier alpha value is 0.503. The predicted molar refractivity (Wildman–Crippen MR) is 41.1 cm³/mol. The second kappa shape index (κ2) is 12.9. The van der Waals surface area contributed by atoms with E-state index in [0.717, 1.165) is 0 Å². The molecule has 0 atom stereocenters. The number of aliphatic hydroxyl groups is 3. The molecular weight excluding hydrogens is 367 g/mol. The maximum absolute atomic E-state index is 8.52. The van der Waals surface area contributed by atoms with Crippen LogP contribution in [0.15, 0.2) is 0 Å². The van der Waals surface area contributed by atoms with Gasteiger partial charge in [-0.1, -0.05) is 0 Å². The van der Waals surface area contributed by atoms with Crippen LogP contribution in [-0.2, 0) is 47.0 Å². The Balaban J connectivity index is -0.0000000729. The fourth-order valence-corrected chi connectivity index (χ4v) is 0.0577. The summed E-state index contributed by atoms with van der Waals surface area (Å²) in [6.45, 7) is -0.729.